The summed E-state index contributed by atoms with van der Waals surface area (Å²) in [7, 11) is -3.80. The maximum Gasteiger partial charge on any atom is 0.274 e. The Kier molecular flexibility index (Phi) is 4.07. The fourth-order valence-electron chi connectivity index (χ4n) is 1.84. The number of hydrogen-bond donors (Lipinski definition) is 1. The van der Waals surface area contributed by atoms with Crippen LogP contribution in [0.25, 0.3) is 0 Å². The van der Waals surface area contributed by atoms with Crippen LogP contribution in [0, 0.1) is 13.8 Å². The highest BCUT2D eigenvalue weighted by molar-refractivity contribution is 7.89. The average Bonchev–Trinajstić information content (AvgIpc) is 2.95. The summed E-state index contributed by atoms with van der Waals surface area (Å²) >= 11 is 1.44. The molecule has 0 aliphatic heterocycles. The van der Waals surface area contributed by atoms with Gasteiger partial charge in [0.1, 0.15) is 0 Å². The average molecular weight is 314 g/mol. The first-order valence-corrected chi connectivity index (χ1v) is 8.14. The number of thiazole rings is 1. The van der Waals surface area contributed by atoms with Gasteiger partial charge in [-0.2, -0.15) is 0 Å². The second-order valence-electron chi connectivity index (χ2n) is 4.30. The molecule has 0 aliphatic rings. The Hall–Kier alpha value is -1.51. The van der Waals surface area contributed by atoms with Gasteiger partial charge < -0.3 is 4.42 Å². The summed E-state index contributed by atoms with van der Waals surface area (Å²) in [6, 6.07) is 2.15. The zero-order chi connectivity index (χ0) is 14.9. The molecule has 108 valence electrons. The Morgan fingerprint density at radius 2 is 2.10 bits per heavy atom. The lowest BCUT2D eigenvalue weighted by Crippen LogP contribution is -2.26. The fraction of sp³-hybridized carbons (Fsp3) is 0.333. The number of nitrogens with one attached hydrogen (secondary N) is 1. The zero-order valence-electron chi connectivity index (χ0n) is 11.2. The number of rotatable bonds is 5. The number of aryl methyl sites for hydroxylation is 2. The second-order valence-corrected chi connectivity index (χ2v) is 7.18. The van der Waals surface area contributed by atoms with Gasteiger partial charge in [0, 0.05) is 4.88 Å². The number of hydrogen-bond acceptors (Lipinski definition) is 6. The molecule has 2 aromatic rings. The van der Waals surface area contributed by atoms with E-state index >= 15 is 0 Å². The van der Waals surface area contributed by atoms with Crippen molar-refractivity contribution >= 4 is 27.6 Å². The minimum Gasteiger partial charge on any atom is -0.440 e. The fourth-order valence-corrected chi connectivity index (χ4v) is 3.99. The van der Waals surface area contributed by atoms with E-state index in [9.17, 15) is 13.2 Å². The van der Waals surface area contributed by atoms with E-state index in [-0.39, 0.29) is 10.9 Å². The molecule has 2 rings (SSSR count). The second kappa shape index (κ2) is 5.47. The quantitative estimate of drug-likeness (QED) is 0.855. The molecule has 0 aliphatic carbocycles. The van der Waals surface area contributed by atoms with E-state index < -0.39 is 16.1 Å². The summed E-state index contributed by atoms with van der Waals surface area (Å²) in [5.41, 5.74) is 0.802. The molecular formula is C12H14N2O4S2. The van der Waals surface area contributed by atoms with Crippen LogP contribution < -0.4 is 4.72 Å². The maximum atomic E-state index is 12.1. The molecule has 1 atom stereocenters. The first kappa shape index (κ1) is 14.9. The molecule has 1 unspecified atom stereocenters. The molecule has 8 heteroatoms. The van der Waals surface area contributed by atoms with Crippen molar-refractivity contribution in [3.8, 4) is 0 Å². The summed E-state index contributed by atoms with van der Waals surface area (Å²) in [5.74, 6) is -0.0251. The van der Waals surface area contributed by atoms with Gasteiger partial charge in [0.2, 0.25) is 5.09 Å². The van der Waals surface area contributed by atoms with Gasteiger partial charge >= 0.3 is 0 Å². The SMILES string of the molecule is Cc1nc(C)c(C(C)NS(=O)(=O)c2ccc(C=O)o2)s1. The Morgan fingerprint density at radius 1 is 1.40 bits per heavy atom. The molecule has 0 fully saturated rings. The van der Waals surface area contributed by atoms with Gasteiger partial charge in [-0.25, -0.2) is 18.1 Å². The Labute approximate surface area is 120 Å². The van der Waals surface area contributed by atoms with Crippen LogP contribution >= 0.6 is 11.3 Å². The molecule has 0 aromatic carbocycles. The molecule has 0 saturated heterocycles. The number of furan rings is 1. The predicted molar refractivity (Wildman–Crippen MR) is 74.4 cm³/mol. The topological polar surface area (TPSA) is 89.3 Å². The number of aldehydes is 1. The molecule has 0 saturated carbocycles. The number of nitrogens with zero attached hydrogens (tertiary/aromatic N) is 1. The highest BCUT2D eigenvalue weighted by Gasteiger charge is 2.24. The smallest absolute Gasteiger partial charge is 0.274 e. The van der Waals surface area contributed by atoms with E-state index in [0.29, 0.717) is 6.29 Å². The van der Waals surface area contributed by atoms with E-state index in [4.69, 9.17) is 4.42 Å². The van der Waals surface area contributed by atoms with Crippen molar-refractivity contribution in [2.75, 3.05) is 0 Å². The van der Waals surface area contributed by atoms with Crippen LogP contribution in [0.2, 0.25) is 0 Å². The van der Waals surface area contributed by atoms with Gasteiger partial charge in [-0.15, -0.1) is 11.3 Å². The van der Waals surface area contributed by atoms with Crippen LogP contribution in [0.1, 0.15) is 39.1 Å². The van der Waals surface area contributed by atoms with Crippen molar-refractivity contribution in [2.24, 2.45) is 0 Å². The summed E-state index contributed by atoms with van der Waals surface area (Å²) in [6.07, 6.45) is 0.457. The summed E-state index contributed by atoms with van der Waals surface area (Å²) < 4.78 is 31.7. The standard InChI is InChI=1S/C12H14N2O4S2/c1-7-12(19-9(3)13-7)8(2)14-20(16,17)11-5-4-10(6-15)18-11/h4-6,8,14H,1-3H3. The normalized spacial score (nSPS) is 13.3. The third-order valence-corrected chi connectivity index (χ3v) is 5.32. The number of aromatic nitrogens is 1. The first-order valence-electron chi connectivity index (χ1n) is 5.85. The molecule has 0 amide bonds. The Balaban J connectivity index is 2.23. The van der Waals surface area contributed by atoms with E-state index in [1.54, 1.807) is 6.92 Å². The zero-order valence-corrected chi connectivity index (χ0v) is 12.8. The molecule has 2 heterocycles. The Morgan fingerprint density at radius 3 is 2.60 bits per heavy atom. The first-order chi connectivity index (χ1) is 9.33. The molecule has 6 nitrogen and oxygen atoms in total. The third kappa shape index (κ3) is 2.97. The van der Waals surface area contributed by atoms with Crippen LogP contribution in [0.4, 0.5) is 0 Å². The molecular weight excluding hydrogens is 300 g/mol. The summed E-state index contributed by atoms with van der Waals surface area (Å²) in [4.78, 5) is 15.6. The number of sulfonamides is 1. The molecule has 1 N–H and O–H groups in total. The van der Waals surface area contributed by atoms with E-state index in [0.717, 1.165) is 15.6 Å². The van der Waals surface area contributed by atoms with Gasteiger partial charge in [-0.3, -0.25) is 4.79 Å². The molecule has 0 bridgehead atoms. The van der Waals surface area contributed by atoms with Crippen LogP contribution in [-0.2, 0) is 10.0 Å². The van der Waals surface area contributed by atoms with Crippen LogP contribution in [0.5, 0.6) is 0 Å². The van der Waals surface area contributed by atoms with Crippen molar-refractivity contribution in [3.05, 3.63) is 33.5 Å². The molecule has 0 spiro atoms. The van der Waals surface area contributed by atoms with Gasteiger partial charge in [-0.1, -0.05) is 0 Å². The van der Waals surface area contributed by atoms with Gasteiger partial charge in [0.15, 0.2) is 12.0 Å². The van der Waals surface area contributed by atoms with Crippen LogP contribution in [-0.4, -0.2) is 19.7 Å². The lowest BCUT2D eigenvalue weighted by atomic mass is 10.2. The van der Waals surface area contributed by atoms with Crippen molar-refractivity contribution in [1.82, 2.24) is 9.71 Å². The third-order valence-electron chi connectivity index (χ3n) is 2.65. The molecule has 2 aromatic heterocycles. The molecule has 20 heavy (non-hydrogen) atoms. The largest absolute Gasteiger partial charge is 0.440 e. The minimum absolute atomic E-state index is 0.0251. The van der Waals surface area contributed by atoms with E-state index in [1.165, 1.54) is 23.5 Å². The van der Waals surface area contributed by atoms with Gasteiger partial charge in [0.05, 0.1) is 16.7 Å². The predicted octanol–water partition coefficient (Wildman–Crippen LogP) is 2.20. The van der Waals surface area contributed by atoms with Crippen LogP contribution in [0.15, 0.2) is 21.6 Å². The number of carbonyl (C=O) groups excluding carboxylic acids is 1. The van der Waals surface area contributed by atoms with Crippen molar-refractivity contribution in [3.63, 3.8) is 0 Å². The lowest BCUT2D eigenvalue weighted by Gasteiger charge is -2.11. The van der Waals surface area contributed by atoms with Crippen molar-refractivity contribution < 1.29 is 17.6 Å². The van der Waals surface area contributed by atoms with E-state index in [2.05, 4.69) is 9.71 Å². The van der Waals surface area contributed by atoms with Crippen LogP contribution in [0.3, 0.4) is 0 Å². The van der Waals surface area contributed by atoms with Gasteiger partial charge in [-0.05, 0) is 32.9 Å². The number of carbonyl (C=O) groups is 1. The highest BCUT2D eigenvalue weighted by Crippen LogP contribution is 2.26. The van der Waals surface area contributed by atoms with Crippen molar-refractivity contribution in [2.45, 2.75) is 31.9 Å². The Bertz CT molecular complexity index is 730. The highest BCUT2D eigenvalue weighted by atomic mass is 32.2. The van der Waals surface area contributed by atoms with Crippen molar-refractivity contribution in [1.29, 1.82) is 0 Å². The van der Waals surface area contributed by atoms with Gasteiger partial charge in [0.25, 0.3) is 10.0 Å². The summed E-state index contributed by atoms with van der Waals surface area (Å²) in [6.45, 7) is 5.44. The van der Waals surface area contributed by atoms with E-state index in [1.807, 2.05) is 13.8 Å². The summed E-state index contributed by atoms with van der Waals surface area (Å²) in [5, 5.41) is 0.607. The monoisotopic (exact) mass is 314 g/mol. The minimum atomic E-state index is -3.80. The lowest BCUT2D eigenvalue weighted by molar-refractivity contribution is 0.109. The molecule has 0 radical (unpaired) electrons. The maximum absolute atomic E-state index is 12.1.